The highest BCUT2D eigenvalue weighted by Crippen LogP contribution is 2.31. The van der Waals surface area contributed by atoms with Crippen LogP contribution in [0.15, 0.2) is 52.4 Å². The third kappa shape index (κ3) is 4.41. The quantitative estimate of drug-likeness (QED) is 0.165. The lowest BCUT2D eigenvalue weighted by Crippen LogP contribution is -2.22. The van der Waals surface area contributed by atoms with Crippen LogP contribution in [0.5, 0.6) is 0 Å². The number of thiophene rings is 1. The maximum Gasteiger partial charge on any atom is 0.267 e. The number of halogens is 3. The number of aryl methyl sites for hydroxylation is 2. The zero-order valence-electron chi connectivity index (χ0n) is 16.4. The summed E-state index contributed by atoms with van der Waals surface area (Å²) < 4.78 is 1.49. The molecule has 0 N–H and O–H groups in total. The molecule has 0 aliphatic heterocycles. The van der Waals surface area contributed by atoms with Gasteiger partial charge in [-0.05, 0) is 61.9 Å². The fraction of sp³-hybridized carbons (Fsp3) is 0.136. The Kier molecular flexibility index (Phi) is 6.47. The van der Waals surface area contributed by atoms with Gasteiger partial charge in [0, 0.05) is 15.5 Å². The zero-order valence-corrected chi connectivity index (χ0v) is 20.3. The van der Waals surface area contributed by atoms with Crippen molar-refractivity contribution >= 4 is 73.9 Å². The average Bonchev–Trinajstić information content (AvgIpc) is 3.02. The summed E-state index contributed by atoms with van der Waals surface area (Å²) in [5, 5.41) is 2.27. The third-order valence-corrected chi connectivity index (χ3v) is 7.86. The van der Waals surface area contributed by atoms with Gasteiger partial charge in [0.05, 0.1) is 26.9 Å². The molecule has 9 heteroatoms. The Morgan fingerprint density at radius 1 is 1.06 bits per heavy atom. The van der Waals surface area contributed by atoms with Crippen molar-refractivity contribution < 1.29 is 4.79 Å². The highest BCUT2D eigenvalue weighted by molar-refractivity contribution is 7.99. The van der Waals surface area contributed by atoms with Crippen molar-refractivity contribution in [3.63, 3.8) is 0 Å². The summed E-state index contributed by atoms with van der Waals surface area (Å²) in [7, 11) is 0. The molecule has 0 saturated carbocycles. The lowest BCUT2D eigenvalue weighted by molar-refractivity contribution is 0.102. The number of rotatable bonds is 5. The van der Waals surface area contributed by atoms with Crippen LogP contribution in [-0.2, 0) is 0 Å². The molecule has 0 bridgehead atoms. The molecule has 0 saturated heterocycles. The molecule has 0 aliphatic rings. The first kappa shape index (κ1) is 22.4. The minimum absolute atomic E-state index is 0.0877. The molecule has 0 unspecified atom stereocenters. The normalized spacial score (nSPS) is 11.3. The number of fused-ring (bicyclic) bond motifs is 1. The Balaban J connectivity index is 1.81. The summed E-state index contributed by atoms with van der Waals surface area (Å²) in [6.07, 6.45) is 0. The molecule has 0 aliphatic carbocycles. The van der Waals surface area contributed by atoms with Crippen LogP contribution in [0.3, 0.4) is 0 Å². The van der Waals surface area contributed by atoms with Gasteiger partial charge < -0.3 is 0 Å². The minimum atomic E-state index is -0.202. The highest BCUT2D eigenvalue weighted by atomic mass is 35.5. The van der Waals surface area contributed by atoms with Crippen LogP contribution in [0.4, 0.5) is 0 Å². The van der Waals surface area contributed by atoms with E-state index in [0.717, 1.165) is 10.4 Å². The van der Waals surface area contributed by atoms with Gasteiger partial charge in [0.2, 0.25) is 0 Å². The van der Waals surface area contributed by atoms with Crippen molar-refractivity contribution in [2.75, 3.05) is 5.75 Å². The number of ketones is 1. The molecule has 2 aromatic heterocycles. The van der Waals surface area contributed by atoms with Crippen LogP contribution in [0, 0.1) is 13.8 Å². The molecule has 4 rings (SSSR count). The van der Waals surface area contributed by atoms with Gasteiger partial charge in [-0.15, -0.1) is 11.3 Å². The number of hydrogen-bond acceptors (Lipinski definition) is 5. The molecule has 0 atom stereocenters. The Hall–Kier alpha value is -1.83. The van der Waals surface area contributed by atoms with E-state index in [4.69, 9.17) is 39.8 Å². The van der Waals surface area contributed by atoms with E-state index in [1.807, 2.05) is 13.8 Å². The van der Waals surface area contributed by atoms with Gasteiger partial charge in [-0.2, -0.15) is 0 Å². The second-order valence-electron chi connectivity index (χ2n) is 6.82. The predicted molar refractivity (Wildman–Crippen MR) is 131 cm³/mol. The van der Waals surface area contributed by atoms with E-state index in [1.165, 1.54) is 27.7 Å². The summed E-state index contributed by atoms with van der Waals surface area (Å²) in [4.78, 5) is 32.5. The van der Waals surface area contributed by atoms with Crippen molar-refractivity contribution in [1.29, 1.82) is 0 Å². The van der Waals surface area contributed by atoms with Crippen molar-refractivity contribution in [3.8, 4) is 5.69 Å². The first-order valence-electron chi connectivity index (χ1n) is 9.16. The molecule has 0 radical (unpaired) electrons. The lowest BCUT2D eigenvalue weighted by Gasteiger charge is -2.13. The van der Waals surface area contributed by atoms with Crippen molar-refractivity contribution in [2.24, 2.45) is 0 Å². The van der Waals surface area contributed by atoms with Gasteiger partial charge >= 0.3 is 0 Å². The minimum Gasteiger partial charge on any atom is -0.293 e. The van der Waals surface area contributed by atoms with Gasteiger partial charge in [-0.1, -0.05) is 46.6 Å². The van der Waals surface area contributed by atoms with Crippen LogP contribution in [0.25, 0.3) is 15.9 Å². The second kappa shape index (κ2) is 8.96. The van der Waals surface area contributed by atoms with Gasteiger partial charge in [0.25, 0.3) is 5.56 Å². The molecule has 4 nitrogen and oxygen atoms in total. The second-order valence-corrected chi connectivity index (χ2v) is 10.2. The van der Waals surface area contributed by atoms with Gasteiger partial charge in [0.1, 0.15) is 4.83 Å². The number of benzene rings is 2. The molecule has 31 heavy (non-hydrogen) atoms. The standard InChI is InChI=1S/C22H15Cl3N2O2S2/c1-11-12(2)31-20-19(11)21(29)27(15-7-8-16(24)17(25)9-15)22(26-20)30-10-18(28)13-3-5-14(23)6-4-13/h3-9H,10H2,1-2H3. The van der Waals surface area contributed by atoms with E-state index >= 15 is 0 Å². The first-order valence-corrected chi connectivity index (χ1v) is 12.1. The Morgan fingerprint density at radius 2 is 1.77 bits per heavy atom. The SMILES string of the molecule is Cc1sc2nc(SCC(=O)c3ccc(Cl)cc3)n(-c3ccc(Cl)c(Cl)c3)c(=O)c2c1C. The zero-order chi connectivity index (χ0) is 22.3. The maximum absolute atomic E-state index is 13.5. The molecule has 0 amide bonds. The Labute approximate surface area is 201 Å². The number of aromatic nitrogens is 2. The topological polar surface area (TPSA) is 52.0 Å². The van der Waals surface area contributed by atoms with Crippen LogP contribution in [0.2, 0.25) is 15.1 Å². The highest BCUT2D eigenvalue weighted by Gasteiger charge is 2.19. The fourth-order valence-electron chi connectivity index (χ4n) is 3.07. The number of carbonyl (C=O) groups is 1. The lowest BCUT2D eigenvalue weighted by atomic mass is 10.1. The van der Waals surface area contributed by atoms with E-state index in [0.29, 0.717) is 41.7 Å². The molecule has 158 valence electrons. The average molecular weight is 510 g/mol. The summed E-state index contributed by atoms with van der Waals surface area (Å²) in [5.74, 6) is 0.0276. The van der Waals surface area contributed by atoms with Crippen LogP contribution in [-0.4, -0.2) is 21.1 Å². The van der Waals surface area contributed by atoms with E-state index < -0.39 is 0 Å². The van der Waals surface area contributed by atoms with E-state index in [9.17, 15) is 9.59 Å². The van der Waals surface area contributed by atoms with Crippen LogP contribution >= 0.6 is 57.9 Å². The first-order chi connectivity index (χ1) is 14.8. The van der Waals surface area contributed by atoms with Gasteiger partial charge in [-0.3, -0.25) is 14.2 Å². The number of hydrogen-bond donors (Lipinski definition) is 0. The summed E-state index contributed by atoms with van der Waals surface area (Å²) in [6.45, 7) is 3.87. The number of Topliss-reactive ketones (excluding diaryl/α,β-unsaturated/α-hetero) is 1. The van der Waals surface area contributed by atoms with Gasteiger partial charge in [0.15, 0.2) is 10.9 Å². The Morgan fingerprint density at radius 3 is 2.45 bits per heavy atom. The third-order valence-electron chi connectivity index (χ3n) is 4.83. The monoisotopic (exact) mass is 508 g/mol. The van der Waals surface area contributed by atoms with Crippen LogP contribution < -0.4 is 5.56 Å². The smallest absolute Gasteiger partial charge is 0.267 e. The van der Waals surface area contributed by atoms with Crippen molar-refractivity contribution in [1.82, 2.24) is 9.55 Å². The molecular weight excluding hydrogens is 495 g/mol. The largest absolute Gasteiger partial charge is 0.293 e. The molecule has 2 aromatic carbocycles. The van der Waals surface area contributed by atoms with Crippen LogP contribution in [0.1, 0.15) is 20.8 Å². The molecule has 0 spiro atoms. The molecule has 2 heterocycles. The summed E-state index contributed by atoms with van der Waals surface area (Å²) >= 11 is 20.8. The van der Waals surface area contributed by atoms with Gasteiger partial charge in [-0.25, -0.2) is 4.98 Å². The summed E-state index contributed by atoms with van der Waals surface area (Å²) in [6, 6.07) is 11.7. The number of nitrogens with zero attached hydrogens (tertiary/aromatic N) is 2. The number of carbonyl (C=O) groups excluding carboxylic acids is 1. The molecule has 0 fully saturated rings. The van der Waals surface area contributed by atoms with Crippen molar-refractivity contribution in [3.05, 3.63) is 83.9 Å². The maximum atomic E-state index is 13.5. The summed E-state index contributed by atoms with van der Waals surface area (Å²) in [5.41, 5.74) is 1.79. The molecule has 4 aromatic rings. The predicted octanol–water partition coefficient (Wildman–Crippen LogP) is 7.00. The van der Waals surface area contributed by atoms with E-state index in [2.05, 4.69) is 0 Å². The number of thioether (sulfide) groups is 1. The fourth-order valence-corrected chi connectivity index (χ4v) is 5.47. The van der Waals surface area contributed by atoms with Crippen molar-refractivity contribution in [2.45, 2.75) is 19.0 Å². The van der Waals surface area contributed by atoms with E-state index in [1.54, 1.807) is 42.5 Å². The Bertz CT molecular complexity index is 1380. The molecular formula is C22H15Cl3N2O2S2. The van der Waals surface area contributed by atoms with E-state index in [-0.39, 0.29) is 17.1 Å².